The quantitative estimate of drug-likeness (QED) is 0.702. The number of rotatable bonds is 3. The van der Waals surface area contributed by atoms with Crippen LogP contribution in [0, 0.1) is 0 Å². The zero-order valence-electron chi connectivity index (χ0n) is 13.3. The predicted octanol–water partition coefficient (Wildman–Crippen LogP) is 3.36. The van der Waals surface area contributed by atoms with Crippen molar-refractivity contribution in [3.05, 3.63) is 54.1 Å². The maximum absolute atomic E-state index is 12.5. The number of aryl methyl sites for hydroxylation is 1. The van der Waals surface area contributed by atoms with E-state index in [1.54, 1.807) is 12.1 Å². The van der Waals surface area contributed by atoms with Crippen molar-refractivity contribution in [2.45, 2.75) is 23.3 Å². The fourth-order valence-corrected chi connectivity index (χ4v) is 3.59. The summed E-state index contributed by atoms with van der Waals surface area (Å²) < 4.78 is 5.70. The minimum atomic E-state index is -0.271. The van der Waals surface area contributed by atoms with Crippen molar-refractivity contribution in [3.8, 4) is 11.5 Å². The third-order valence-electron chi connectivity index (χ3n) is 4.05. The molecular formula is C18H16N4O2S. The summed E-state index contributed by atoms with van der Waals surface area (Å²) in [7, 11) is 0. The van der Waals surface area contributed by atoms with Crippen LogP contribution in [0.25, 0.3) is 11.5 Å². The molecule has 3 N–H and O–H groups in total. The van der Waals surface area contributed by atoms with Crippen LogP contribution in [0.2, 0.25) is 0 Å². The summed E-state index contributed by atoms with van der Waals surface area (Å²) in [5, 5.41) is 11.2. The van der Waals surface area contributed by atoms with Crippen molar-refractivity contribution in [3.63, 3.8) is 0 Å². The maximum Gasteiger partial charge on any atom is 0.277 e. The number of carbonyl (C=O) groups is 1. The van der Waals surface area contributed by atoms with Gasteiger partial charge in [-0.25, -0.2) is 0 Å². The fraction of sp³-hybridized carbons (Fsp3) is 0.167. The molecule has 6 nitrogen and oxygen atoms in total. The second-order valence-electron chi connectivity index (χ2n) is 5.79. The average molecular weight is 352 g/mol. The lowest BCUT2D eigenvalue weighted by atomic mass is 10.1. The van der Waals surface area contributed by atoms with Gasteiger partial charge in [-0.1, -0.05) is 30.0 Å². The largest absolute Gasteiger partial charge is 0.411 e. The van der Waals surface area contributed by atoms with Crippen molar-refractivity contribution in [1.29, 1.82) is 0 Å². The third kappa shape index (κ3) is 3.36. The number of carbonyl (C=O) groups excluding carboxylic acids is 1. The van der Waals surface area contributed by atoms with E-state index in [1.165, 1.54) is 11.8 Å². The zero-order valence-corrected chi connectivity index (χ0v) is 14.1. The molecule has 3 aromatic rings. The Labute approximate surface area is 148 Å². The van der Waals surface area contributed by atoms with Gasteiger partial charge in [-0.2, -0.15) is 0 Å². The Morgan fingerprint density at radius 1 is 1.12 bits per heavy atom. The van der Waals surface area contributed by atoms with Crippen LogP contribution in [0.15, 0.2) is 58.2 Å². The van der Waals surface area contributed by atoms with E-state index in [0.717, 1.165) is 23.2 Å². The molecule has 2 aromatic carbocycles. The standard InChI is InChI=1S/C18H16N4O2S/c19-13-8-5-12(6-9-13)17-21-22-18(24-17)25-15-10-7-11-3-1-2-4-14(11)20-16(15)23/h1-6,8-9,15H,7,10,19H2,(H,20,23). The lowest BCUT2D eigenvalue weighted by molar-refractivity contribution is -0.115. The Bertz CT molecular complexity index is 907. The van der Waals surface area contributed by atoms with Gasteiger partial charge in [-0.05, 0) is 48.7 Å². The lowest BCUT2D eigenvalue weighted by Gasteiger charge is -2.09. The second-order valence-corrected chi connectivity index (χ2v) is 6.94. The molecule has 0 bridgehead atoms. The summed E-state index contributed by atoms with van der Waals surface area (Å²) >= 11 is 1.30. The number of nitrogens with one attached hydrogen (secondary N) is 1. The molecule has 0 aliphatic carbocycles. The highest BCUT2D eigenvalue weighted by Gasteiger charge is 2.26. The van der Waals surface area contributed by atoms with Gasteiger partial charge in [0.1, 0.15) is 0 Å². The maximum atomic E-state index is 12.5. The first-order valence-corrected chi connectivity index (χ1v) is 8.82. The SMILES string of the molecule is Nc1ccc(-c2nnc(SC3CCc4ccccc4NC3=O)o2)cc1. The van der Waals surface area contributed by atoms with E-state index < -0.39 is 0 Å². The minimum Gasteiger partial charge on any atom is -0.411 e. The Morgan fingerprint density at radius 3 is 2.76 bits per heavy atom. The van der Waals surface area contributed by atoms with Crippen LogP contribution < -0.4 is 11.1 Å². The molecule has 2 heterocycles. The lowest BCUT2D eigenvalue weighted by Crippen LogP contribution is -2.23. The molecule has 0 fully saturated rings. The number of para-hydroxylation sites is 1. The second kappa shape index (κ2) is 6.60. The van der Waals surface area contributed by atoms with Crippen LogP contribution >= 0.6 is 11.8 Å². The summed E-state index contributed by atoms with van der Waals surface area (Å²) in [6.45, 7) is 0. The van der Waals surface area contributed by atoms with Gasteiger partial charge >= 0.3 is 0 Å². The van der Waals surface area contributed by atoms with Gasteiger partial charge in [0, 0.05) is 16.9 Å². The number of hydrogen-bond acceptors (Lipinski definition) is 6. The van der Waals surface area contributed by atoms with E-state index in [2.05, 4.69) is 15.5 Å². The first-order valence-electron chi connectivity index (χ1n) is 7.94. The number of aromatic nitrogens is 2. The zero-order chi connectivity index (χ0) is 17.2. The number of benzene rings is 2. The molecule has 1 aliphatic heterocycles. The van der Waals surface area contributed by atoms with Gasteiger partial charge in [0.2, 0.25) is 11.8 Å². The molecule has 0 spiro atoms. The average Bonchev–Trinajstić information content (AvgIpc) is 3.02. The normalized spacial score (nSPS) is 16.8. The summed E-state index contributed by atoms with van der Waals surface area (Å²) in [6, 6.07) is 15.1. The number of nitrogens with zero attached hydrogens (tertiary/aromatic N) is 2. The van der Waals surface area contributed by atoms with E-state index in [1.807, 2.05) is 36.4 Å². The van der Waals surface area contributed by atoms with Crippen LogP contribution in [0.3, 0.4) is 0 Å². The molecule has 4 rings (SSSR count). The summed E-state index contributed by atoms with van der Waals surface area (Å²) in [6.07, 6.45) is 1.54. The summed E-state index contributed by atoms with van der Waals surface area (Å²) in [4.78, 5) is 12.5. The van der Waals surface area contributed by atoms with E-state index in [0.29, 0.717) is 23.2 Å². The van der Waals surface area contributed by atoms with Gasteiger partial charge in [-0.3, -0.25) is 4.79 Å². The molecule has 1 aliphatic rings. The van der Waals surface area contributed by atoms with Gasteiger partial charge in [-0.15, -0.1) is 10.2 Å². The molecule has 1 aromatic heterocycles. The highest BCUT2D eigenvalue weighted by molar-refractivity contribution is 8.00. The third-order valence-corrected chi connectivity index (χ3v) is 5.15. The molecule has 1 amide bonds. The molecule has 0 radical (unpaired) electrons. The van der Waals surface area contributed by atoms with Crippen LogP contribution in [-0.2, 0) is 11.2 Å². The van der Waals surface area contributed by atoms with E-state index in [4.69, 9.17) is 10.2 Å². The topological polar surface area (TPSA) is 94.0 Å². The van der Waals surface area contributed by atoms with Crippen molar-refractivity contribution < 1.29 is 9.21 Å². The Kier molecular flexibility index (Phi) is 4.15. The highest BCUT2D eigenvalue weighted by Crippen LogP contribution is 2.32. The minimum absolute atomic E-state index is 0.0396. The van der Waals surface area contributed by atoms with E-state index >= 15 is 0 Å². The molecular weight excluding hydrogens is 336 g/mol. The van der Waals surface area contributed by atoms with Gasteiger partial charge in [0.15, 0.2) is 0 Å². The number of thioether (sulfide) groups is 1. The highest BCUT2D eigenvalue weighted by atomic mass is 32.2. The van der Waals surface area contributed by atoms with Crippen LogP contribution in [0.1, 0.15) is 12.0 Å². The Morgan fingerprint density at radius 2 is 1.92 bits per heavy atom. The molecule has 0 saturated carbocycles. The number of fused-ring (bicyclic) bond motifs is 1. The summed E-state index contributed by atoms with van der Waals surface area (Å²) in [5.41, 5.74) is 9.18. The molecule has 1 atom stereocenters. The smallest absolute Gasteiger partial charge is 0.277 e. The number of hydrogen-bond donors (Lipinski definition) is 2. The van der Waals surface area contributed by atoms with Crippen molar-refractivity contribution >= 4 is 29.0 Å². The van der Waals surface area contributed by atoms with Crippen LogP contribution in [-0.4, -0.2) is 21.4 Å². The molecule has 1 unspecified atom stereocenters. The van der Waals surface area contributed by atoms with Crippen LogP contribution in [0.4, 0.5) is 11.4 Å². The predicted molar refractivity (Wildman–Crippen MR) is 97.2 cm³/mol. The first kappa shape index (κ1) is 15.7. The summed E-state index contributed by atoms with van der Waals surface area (Å²) in [5.74, 6) is 0.377. The Hall–Kier alpha value is -2.80. The molecule has 0 saturated heterocycles. The molecule has 126 valence electrons. The number of nitrogens with two attached hydrogens (primary N) is 1. The monoisotopic (exact) mass is 352 g/mol. The van der Waals surface area contributed by atoms with Crippen LogP contribution in [0.5, 0.6) is 0 Å². The first-order chi connectivity index (χ1) is 12.2. The van der Waals surface area contributed by atoms with Crippen molar-refractivity contribution in [2.24, 2.45) is 0 Å². The Balaban J connectivity index is 1.49. The number of anilines is 2. The van der Waals surface area contributed by atoms with Gasteiger partial charge in [0.25, 0.3) is 5.22 Å². The number of amides is 1. The number of nitrogen functional groups attached to an aromatic ring is 1. The molecule has 25 heavy (non-hydrogen) atoms. The molecule has 7 heteroatoms. The van der Waals surface area contributed by atoms with Gasteiger partial charge < -0.3 is 15.5 Å². The van der Waals surface area contributed by atoms with Crippen molar-refractivity contribution in [1.82, 2.24) is 10.2 Å². The van der Waals surface area contributed by atoms with Crippen molar-refractivity contribution in [2.75, 3.05) is 11.1 Å². The fourth-order valence-electron chi connectivity index (χ4n) is 2.73. The van der Waals surface area contributed by atoms with E-state index in [-0.39, 0.29) is 11.2 Å². The van der Waals surface area contributed by atoms with E-state index in [9.17, 15) is 4.79 Å². The van der Waals surface area contributed by atoms with Gasteiger partial charge in [0.05, 0.1) is 5.25 Å².